The first-order valence-electron chi connectivity index (χ1n) is 4.30. The zero-order valence-electron chi connectivity index (χ0n) is 8.08. The molecule has 0 radical (unpaired) electrons. The van der Waals surface area contributed by atoms with Gasteiger partial charge < -0.3 is 5.73 Å². The smallest absolute Gasteiger partial charge is 0.286 e. The summed E-state index contributed by atoms with van der Waals surface area (Å²) in [5, 5.41) is 4.04. The molecule has 2 aromatic rings. The molecule has 2 aromatic heterocycles. The Bertz CT molecular complexity index is 490. The normalized spacial score (nSPS) is 10.2. The highest BCUT2D eigenvalue weighted by atomic mass is 16.1. The van der Waals surface area contributed by atoms with Crippen molar-refractivity contribution in [3.8, 4) is 11.5 Å². The standard InChI is InChI=1S/C9H9N5O/c1-14-9(7(10)15)12-8(13-14)6-4-2-3-5-11-6/h2-5H,1H3,(H2,10,15). The third kappa shape index (κ3) is 1.69. The maximum atomic E-state index is 10.9. The molecular weight excluding hydrogens is 194 g/mol. The van der Waals surface area contributed by atoms with Crippen molar-refractivity contribution in [1.29, 1.82) is 0 Å². The zero-order valence-corrected chi connectivity index (χ0v) is 8.08. The van der Waals surface area contributed by atoms with E-state index in [1.165, 1.54) is 4.68 Å². The molecule has 2 N–H and O–H groups in total. The van der Waals surface area contributed by atoms with E-state index in [0.717, 1.165) is 0 Å². The van der Waals surface area contributed by atoms with Gasteiger partial charge in [-0.2, -0.15) is 0 Å². The van der Waals surface area contributed by atoms with Gasteiger partial charge in [0.2, 0.25) is 5.82 Å². The molecule has 0 bridgehead atoms. The van der Waals surface area contributed by atoms with Gasteiger partial charge in [-0.1, -0.05) is 6.07 Å². The fraction of sp³-hybridized carbons (Fsp3) is 0.111. The lowest BCUT2D eigenvalue weighted by molar-refractivity contribution is 0.0986. The van der Waals surface area contributed by atoms with Gasteiger partial charge in [-0.25, -0.2) is 9.67 Å². The van der Waals surface area contributed by atoms with E-state index in [9.17, 15) is 4.79 Å². The molecule has 0 spiro atoms. The first kappa shape index (κ1) is 9.32. The molecule has 0 aliphatic heterocycles. The van der Waals surface area contributed by atoms with E-state index in [0.29, 0.717) is 11.5 Å². The predicted octanol–water partition coefficient (Wildman–Crippen LogP) is -0.0240. The van der Waals surface area contributed by atoms with E-state index < -0.39 is 5.91 Å². The summed E-state index contributed by atoms with van der Waals surface area (Å²) in [6.07, 6.45) is 1.63. The highest BCUT2D eigenvalue weighted by Crippen LogP contribution is 2.10. The molecule has 0 aromatic carbocycles. The van der Waals surface area contributed by atoms with Gasteiger partial charge in [0.15, 0.2) is 5.82 Å². The lowest BCUT2D eigenvalue weighted by Crippen LogP contribution is -2.16. The Balaban J connectivity index is 2.48. The van der Waals surface area contributed by atoms with Crippen molar-refractivity contribution in [2.45, 2.75) is 0 Å². The highest BCUT2D eigenvalue weighted by Gasteiger charge is 2.13. The second-order valence-corrected chi connectivity index (χ2v) is 2.96. The average Bonchev–Trinajstić information content (AvgIpc) is 2.62. The first-order chi connectivity index (χ1) is 7.18. The summed E-state index contributed by atoms with van der Waals surface area (Å²) < 4.78 is 1.34. The molecular formula is C9H9N5O. The molecule has 0 unspecified atom stereocenters. The van der Waals surface area contributed by atoms with Crippen LogP contribution in [-0.4, -0.2) is 25.7 Å². The number of amides is 1. The molecule has 0 atom stereocenters. The van der Waals surface area contributed by atoms with Crippen molar-refractivity contribution in [2.75, 3.05) is 0 Å². The number of rotatable bonds is 2. The van der Waals surface area contributed by atoms with Crippen LogP contribution in [0.4, 0.5) is 0 Å². The Labute approximate surface area is 85.8 Å². The largest absolute Gasteiger partial charge is 0.363 e. The number of pyridine rings is 1. The molecule has 6 heteroatoms. The van der Waals surface area contributed by atoms with Crippen molar-refractivity contribution in [1.82, 2.24) is 19.7 Å². The maximum Gasteiger partial charge on any atom is 0.286 e. The summed E-state index contributed by atoms with van der Waals surface area (Å²) >= 11 is 0. The Kier molecular flexibility index (Phi) is 2.17. The minimum Gasteiger partial charge on any atom is -0.363 e. The number of carbonyl (C=O) groups is 1. The number of nitrogens with zero attached hydrogens (tertiary/aromatic N) is 4. The summed E-state index contributed by atoms with van der Waals surface area (Å²) in [5.74, 6) is -0.0882. The van der Waals surface area contributed by atoms with Crippen molar-refractivity contribution in [3.63, 3.8) is 0 Å². The van der Waals surface area contributed by atoms with Crippen LogP contribution in [0.3, 0.4) is 0 Å². The van der Waals surface area contributed by atoms with Gasteiger partial charge in [0, 0.05) is 13.2 Å². The fourth-order valence-corrected chi connectivity index (χ4v) is 1.20. The zero-order chi connectivity index (χ0) is 10.8. The molecule has 0 aliphatic rings. The second-order valence-electron chi connectivity index (χ2n) is 2.96. The number of primary amides is 1. The lowest BCUT2D eigenvalue weighted by atomic mass is 10.3. The molecule has 0 saturated heterocycles. The number of carbonyl (C=O) groups excluding carboxylic acids is 1. The minimum atomic E-state index is -0.604. The molecule has 15 heavy (non-hydrogen) atoms. The van der Waals surface area contributed by atoms with Crippen molar-refractivity contribution >= 4 is 5.91 Å². The molecule has 2 heterocycles. The van der Waals surface area contributed by atoms with Crippen LogP contribution in [0.15, 0.2) is 24.4 Å². The van der Waals surface area contributed by atoms with E-state index in [1.807, 2.05) is 6.07 Å². The van der Waals surface area contributed by atoms with Crippen LogP contribution in [-0.2, 0) is 7.05 Å². The van der Waals surface area contributed by atoms with Crippen LogP contribution in [0.25, 0.3) is 11.5 Å². The van der Waals surface area contributed by atoms with Gasteiger partial charge in [-0.15, -0.1) is 5.10 Å². The van der Waals surface area contributed by atoms with Crippen molar-refractivity contribution < 1.29 is 4.79 Å². The molecule has 1 amide bonds. The Morgan fingerprint density at radius 3 is 2.80 bits per heavy atom. The molecule has 2 rings (SSSR count). The van der Waals surface area contributed by atoms with Gasteiger partial charge in [-0.05, 0) is 12.1 Å². The first-order valence-corrected chi connectivity index (χ1v) is 4.30. The Morgan fingerprint density at radius 1 is 1.47 bits per heavy atom. The van der Waals surface area contributed by atoms with Crippen LogP contribution in [0.2, 0.25) is 0 Å². The monoisotopic (exact) mass is 203 g/mol. The minimum absolute atomic E-state index is 0.121. The van der Waals surface area contributed by atoms with E-state index in [1.54, 1.807) is 25.4 Å². The summed E-state index contributed by atoms with van der Waals surface area (Å²) in [5.41, 5.74) is 5.73. The third-order valence-corrected chi connectivity index (χ3v) is 1.88. The van der Waals surface area contributed by atoms with E-state index >= 15 is 0 Å². The van der Waals surface area contributed by atoms with Crippen molar-refractivity contribution in [2.24, 2.45) is 12.8 Å². The van der Waals surface area contributed by atoms with Gasteiger partial charge in [-0.3, -0.25) is 9.78 Å². The highest BCUT2D eigenvalue weighted by molar-refractivity contribution is 5.89. The van der Waals surface area contributed by atoms with Gasteiger partial charge in [0.05, 0.1) is 0 Å². The van der Waals surface area contributed by atoms with E-state index in [-0.39, 0.29) is 5.82 Å². The fourth-order valence-electron chi connectivity index (χ4n) is 1.20. The number of hydrogen-bond acceptors (Lipinski definition) is 4. The predicted molar refractivity (Wildman–Crippen MR) is 52.8 cm³/mol. The number of aromatic nitrogens is 4. The van der Waals surface area contributed by atoms with Gasteiger partial charge in [0.25, 0.3) is 5.91 Å². The second kappa shape index (κ2) is 3.49. The number of aryl methyl sites for hydroxylation is 1. The van der Waals surface area contributed by atoms with Crippen LogP contribution in [0.5, 0.6) is 0 Å². The number of hydrogen-bond donors (Lipinski definition) is 1. The summed E-state index contributed by atoms with van der Waals surface area (Å²) in [4.78, 5) is 19.0. The maximum absolute atomic E-state index is 10.9. The topological polar surface area (TPSA) is 86.7 Å². The molecule has 6 nitrogen and oxygen atoms in total. The summed E-state index contributed by atoms with van der Waals surface area (Å²) in [6.45, 7) is 0. The molecule has 0 fully saturated rings. The Morgan fingerprint density at radius 2 is 2.27 bits per heavy atom. The third-order valence-electron chi connectivity index (χ3n) is 1.88. The lowest BCUT2D eigenvalue weighted by Gasteiger charge is -1.90. The summed E-state index contributed by atoms with van der Waals surface area (Å²) in [6, 6.07) is 5.38. The SMILES string of the molecule is Cn1nc(-c2ccccn2)nc1C(N)=O. The van der Waals surface area contributed by atoms with E-state index in [2.05, 4.69) is 15.1 Å². The molecule has 76 valence electrons. The summed E-state index contributed by atoms with van der Waals surface area (Å²) in [7, 11) is 1.61. The molecule has 0 saturated carbocycles. The quantitative estimate of drug-likeness (QED) is 0.742. The Hall–Kier alpha value is -2.24. The number of nitrogens with two attached hydrogens (primary N) is 1. The van der Waals surface area contributed by atoms with Crippen molar-refractivity contribution in [3.05, 3.63) is 30.2 Å². The van der Waals surface area contributed by atoms with Crippen LogP contribution >= 0.6 is 0 Å². The van der Waals surface area contributed by atoms with Gasteiger partial charge in [0.1, 0.15) is 5.69 Å². The average molecular weight is 203 g/mol. The van der Waals surface area contributed by atoms with Gasteiger partial charge >= 0.3 is 0 Å². The van der Waals surface area contributed by atoms with E-state index in [4.69, 9.17) is 5.73 Å². The molecule has 0 aliphatic carbocycles. The van der Waals surface area contributed by atoms with Crippen LogP contribution in [0, 0.1) is 0 Å². The van der Waals surface area contributed by atoms with Crippen LogP contribution in [0.1, 0.15) is 10.6 Å². The van der Waals surface area contributed by atoms with Crippen LogP contribution < -0.4 is 5.73 Å².